The van der Waals surface area contributed by atoms with E-state index in [1.165, 1.54) is 0 Å². The zero-order chi connectivity index (χ0) is 11.7. The number of aliphatic carboxylic acids is 1. The van der Waals surface area contributed by atoms with Crippen LogP contribution in [0.2, 0.25) is 5.02 Å². The molecule has 1 saturated heterocycles. The molecule has 1 aliphatic heterocycles. The van der Waals surface area contributed by atoms with Crippen molar-refractivity contribution in [3.63, 3.8) is 0 Å². The molecule has 1 heterocycles. The molecule has 1 aromatic rings. The van der Waals surface area contributed by atoms with Crippen LogP contribution in [0.15, 0.2) is 24.3 Å². The second kappa shape index (κ2) is 4.14. The summed E-state index contributed by atoms with van der Waals surface area (Å²) in [5, 5.41) is 9.46. The van der Waals surface area contributed by atoms with E-state index in [0.29, 0.717) is 10.6 Å². The number of hydrogen-bond acceptors (Lipinski definition) is 3. The molecule has 0 amide bonds. The first-order chi connectivity index (χ1) is 7.58. The van der Waals surface area contributed by atoms with Crippen molar-refractivity contribution in [2.24, 2.45) is 5.92 Å². The number of halogens is 1. The fourth-order valence-electron chi connectivity index (χ4n) is 1.76. The van der Waals surface area contributed by atoms with Gasteiger partial charge in [0.1, 0.15) is 12.0 Å². The molecule has 0 radical (unpaired) electrons. The Labute approximate surface area is 96.8 Å². The summed E-state index contributed by atoms with van der Waals surface area (Å²) in [4.78, 5) is 22.1. The molecule has 0 unspecified atom stereocenters. The quantitative estimate of drug-likeness (QED) is 0.804. The molecule has 1 aliphatic rings. The Morgan fingerprint density at radius 2 is 2.25 bits per heavy atom. The number of carbonyl (C=O) groups excluding carboxylic acids is 1. The van der Waals surface area contributed by atoms with Crippen LogP contribution in [0.4, 0.5) is 0 Å². The van der Waals surface area contributed by atoms with Gasteiger partial charge in [-0.1, -0.05) is 23.7 Å². The maximum atomic E-state index is 11.1. The largest absolute Gasteiger partial charge is 0.481 e. The van der Waals surface area contributed by atoms with Crippen LogP contribution in [0.25, 0.3) is 0 Å². The lowest BCUT2D eigenvalue weighted by molar-refractivity contribution is -0.144. The smallest absolute Gasteiger partial charge is 0.311 e. The van der Waals surface area contributed by atoms with Gasteiger partial charge in [0.25, 0.3) is 0 Å². The lowest BCUT2D eigenvalue weighted by Crippen LogP contribution is -2.17. The van der Waals surface area contributed by atoms with Crippen LogP contribution >= 0.6 is 11.6 Å². The third-order valence-corrected chi connectivity index (χ3v) is 2.74. The summed E-state index contributed by atoms with van der Waals surface area (Å²) in [5.41, 5.74) is 0.616. The zero-order valence-electron chi connectivity index (χ0n) is 8.22. The number of carboxylic acids is 1. The predicted octanol–water partition coefficient (Wildman–Crippen LogP) is 2.03. The highest BCUT2D eigenvalue weighted by Gasteiger charge is 2.40. The Morgan fingerprint density at radius 1 is 1.50 bits per heavy atom. The van der Waals surface area contributed by atoms with Crippen LogP contribution in [0.1, 0.15) is 18.1 Å². The second-order valence-corrected chi connectivity index (χ2v) is 4.05. The first-order valence-corrected chi connectivity index (χ1v) is 5.13. The van der Waals surface area contributed by atoms with Crippen molar-refractivity contribution in [3.8, 4) is 0 Å². The van der Waals surface area contributed by atoms with Gasteiger partial charge < -0.3 is 9.84 Å². The van der Waals surface area contributed by atoms with Gasteiger partial charge in [-0.05, 0) is 17.7 Å². The summed E-state index contributed by atoms with van der Waals surface area (Å²) in [5.74, 6) is -2.35. The third-order valence-electron chi connectivity index (χ3n) is 2.50. The molecule has 0 aliphatic carbocycles. The molecule has 2 rings (SSSR count). The molecule has 4 nitrogen and oxygen atoms in total. The number of carboxylic acid groups (broad SMARTS) is 1. The minimum atomic E-state index is -1.03. The summed E-state index contributed by atoms with van der Waals surface area (Å²) in [6, 6.07) is 6.69. The van der Waals surface area contributed by atoms with Crippen LogP contribution in [0, 0.1) is 5.92 Å². The van der Waals surface area contributed by atoms with Crippen molar-refractivity contribution in [1.82, 2.24) is 0 Å². The Kier molecular flexibility index (Phi) is 2.83. The number of hydrogen-bond donors (Lipinski definition) is 1. The van der Waals surface area contributed by atoms with Gasteiger partial charge in [0.15, 0.2) is 0 Å². The van der Waals surface area contributed by atoms with Crippen molar-refractivity contribution in [2.45, 2.75) is 12.5 Å². The van der Waals surface area contributed by atoms with Crippen LogP contribution in [-0.4, -0.2) is 17.0 Å². The maximum absolute atomic E-state index is 11.1. The van der Waals surface area contributed by atoms with Gasteiger partial charge in [0, 0.05) is 5.02 Å². The zero-order valence-corrected chi connectivity index (χ0v) is 8.98. The van der Waals surface area contributed by atoms with E-state index in [0.717, 1.165) is 0 Å². The topological polar surface area (TPSA) is 63.6 Å². The highest BCUT2D eigenvalue weighted by molar-refractivity contribution is 6.30. The molecular weight excluding hydrogens is 232 g/mol. The van der Waals surface area contributed by atoms with Crippen molar-refractivity contribution in [3.05, 3.63) is 34.9 Å². The van der Waals surface area contributed by atoms with Gasteiger partial charge in [-0.25, -0.2) is 0 Å². The Morgan fingerprint density at radius 3 is 2.88 bits per heavy atom. The number of benzene rings is 1. The molecule has 0 saturated carbocycles. The SMILES string of the molecule is O=C1C[C@H](C(=O)O)[C@H](c2cccc(Cl)c2)O1. The van der Waals surface area contributed by atoms with Crippen molar-refractivity contribution in [1.29, 1.82) is 0 Å². The highest BCUT2D eigenvalue weighted by atomic mass is 35.5. The van der Waals surface area contributed by atoms with Crippen LogP contribution in [0.5, 0.6) is 0 Å². The average molecular weight is 241 g/mol. The fraction of sp³-hybridized carbons (Fsp3) is 0.273. The number of carbonyl (C=O) groups is 2. The Balaban J connectivity index is 2.32. The summed E-state index contributed by atoms with van der Waals surface area (Å²) in [7, 11) is 0. The van der Waals surface area contributed by atoms with Crippen LogP contribution < -0.4 is 0 Å². The van der Waals surface area contributed by atoms with E-state index in [-0.39, 0.29) is 6.42 Å². The number of cyclic esters (lactones) is 1. The standard InChI is InChI=1S/C11H9ClO4/c12-7-3-1-2-6(4-7)10-8(11(14)15)5-9(13)16-10/h1-4,8,10H,5H2,(H,14,15)/t8-,10-/m0/s1. The summed E-state index contributed by atoms with van der Waals surface area (Å²) in [6.45, 7) is 0. The first-order valence-electron chi connectivity index (χ1n) is 4.75. The van der Waals surface area contributed by atoms with Crippen molar-refractivity contribution in [2.75, 3.05) is 0 Å². The Bertz CT molecular complexity index is 443. The van der Waals surface area contributed by atoms with Gasteiger partial charge >= 0.3 is 11.9 Å². The van der Waals surface area contributed by atoms with Crippen molar-refractivity contribution >= 4 is 23.5 Å². The van der Waals surface area contributed by atoms with E-state index in [4.69, 9.17) is 21.4 Å². The lowest BCUT2D eigenvalue weighted by Gasteiger charge is -2.14. The number of esters is 1. The molecule has 1 fully saturated rings. The second-order valence-electron chi connectivity index (χ2n) is 3.61. The lowest BCUT2D eigenvalue weighted by atomic mass is 9.95. The molecule has 1 N–H and O–H groups in total. The maximum Gasteiger partial charge on any atom is 0.311 e. The minimum Gasteiger partial charge on any atom is -0.481 e. The summed E-state index contributed by atoms with van der Waals surface area (Å²) >= 11 is 5.80. The monoisotopic (exact) mass is 240 g/mol. The van der Waals surface area contributed by atoms with Crippen LogP contribution in [-0.2, 0) is 14.3 Å². The van der Waals surface area contributed by atoms with E-state index in [1.807, 2.05) is 0 Å². The van der Waals surface area contributed by atoms with E-state index >= 15 is 0 Å². The highest BCUT2D eigenvalue weighted by Crippen LogP contribution is 2.36. The van der Waals surface area contributed by atoms with E-state index in [2.05, 4.69) is 0 Å². The molecular formula is C11H9ClO4. The average Bonchev–Trinajstić information content (AvgIpc) is 2.60. The first kappa shape index (κ1) is 11.0. The third kappa shape index (κ3) is 2.02. The van der Waals surface area contributed by atoms with E-state index < -0.39 is 24.0 Å². The normalized spacial score (nSPS) is 24.2. The predicted molar refractivity (Wildman–Crippen MR) is 56.0 cm³/mol. The number of ether oxygens (including phenoxy) is 1. The van der Waals surface area contributed by atoms with Gasteiger partial charge in [-0.15, -0.1) is 0 Å². The summed E-state index contributed by atoms with van der Waals surface area (Å²) < 4.78 is 5.00. The molecule has 16 heavy (non-hydrogen) atoms. The summed E-state index contributed by atoms with van der Waals surface area (Å²) in [6.07, 6.45) is -0.823. The van der Waals surface area contributed by atoms with Gasteiger partial charge in [0.05, 0.1) is 6.42 Å². The van der Waals surface area contributed by atoms with E-state index in [1.54, 1.807) is 24.3 Å². The molecule has 84 valence electrons. The number of rotatable bonds is 2. The van der Waals surface area contributed by atoms with Crippen molar-refractivity contribution < 1.29 is 19.4 Å². The van der Waals surface area contributed by atoms with Crippen LogP contribution in [0.3, 0.4) is 0 Å². The molecule has 1 aromatic carbocycles. The molecule has 0 aromatic heterocycles. The molecule has 5 heteroatoms. The minimum absolute atomic E-state index is 0.0908. The van der Waals surface area contributed by atoms with Gasteiger partial charge in [-0.3, -0.25) is 9.59 Å². The fourth-order valence-corrected chi connectivity index (χ4v) is 1.96. The molecule has 2 atom stereocenters. The van der Waals surface area contributed by atoms with Gasteiger partial charge in [-0.2, -0.15) is 0 Å². The van der Waals surface area contributed by atoms with E-state index in [9.17, 15) is 9.59 Å². The molecule has 0 spiro atoms. The Hall–Kier alpha value is -1.55. The van der Waals surface area contributed by atoms with Gasteiger partial charge in [0.2, 0.25) is 0 Å². The molecule has 0 bridgehead atoms.